The van der Waals surface area contributed by atoms with E-state index >= 15 is 4.39 Å². The number of carbonyl (C=O) groups excluding carboxylic acids is 3. The molecule has 1 unspecified atom stereocenters. The van der Waals surface area contributed by atoms with E-state index in [0.29, 0.717) is 29.3 Å². The number of nitrogens with zero attached hydrogens (tertiary/aromatic N) is 5. The highest BCUT2D eigenvalue weighted by Gasteiger charge is 2.46. The van der Waals surface area contributed by atoms with E-state index in [2.05, 4.69) is 15.3 Å². The number of pyridine rings is 2. The molecule has 316 valence electrons. The van der Waals surface area contributed by atoms with Crippen LogP contribution < -0.4 is 21.5 Å². The van der Waals surface area contributed by atoms with Gasteiger partial charge in [0.05, 0.1) is 53.0 Å². The van der Waals surface area contributed by atoms with Gasteiger partial charge in [-0.15, -0.1) is 0 Å². The van der Waals surface area contributed by atoms with Crippen LogP contribution in [0.4, 0.5) is 23.2 Å². The van der Waals surface area contributed by atoms with Gasteiger partial charge in [0.15, 0.2) is 0 Å². The maximum absolute atomic E-state index is 15.9. The zero-order valence-corrected chi connectivity index (χ0v) is 33.0. The lowest BCUT2D eigenvalue weighted by atomic mass is 9.89. The molecule has 1 N–H and O–H groups in total. The smallest absolute Gasteiger partial charge is 0.411 e. The fourth-order valence-electron chi connectivity index (χ4n) is 7.96. The molecule has 5 aromatic rings. The number of ether oxygens (including phenoxy) is 3. The number of esters is 2. The van der Waals surface area contributed by atoms with E-state index in [-0.39, 0.29) is 53.3 Å². The molecule has 1 saturated heterocycles. The van der Waals surface area contributed by atoms with Crippen molar-refractivity contribution in [3.63, 3.8) is 0 Å². The Labute approximate surface area is 340 Å². The van der Waals surface area contributed by atoms with Crippen LogP contribution in [0.1, 0.15) is 60.5 Å². The third-order valence-corrected chi connectivity index (χ3v) is 11.0. The minimum atomic E-state index is -4.67. The number of benzene rings is 2. The van der Waals surface area contributed by atoms with Crippen molar-refractivity contribution in [2.24, 2.45) is 13.0 Å². The maximum Gasteiger partial charge on any atom is 0.411 e. The van der Waals surface area contributed by atoms with Gasteiger partial charge in [0.1, 0.15) is 17.9 Å². The molecule has 3 atom stereocenters. The summed E-state index contributed by atoms with van der Waals surface area (Å²) in [5.41, 5.74) is -0.867. The number of aryl methyl sites for hydroxylation is 2. The second-order valence-electron chi connectivity index (χ2n) is 15.0. The van der Waals surface area contributed by atoms with Gasteiger partial charge < -0.3 is 24.4 Å². The van der Waals surface area contributed by atoms with Crippen LogP contribution in [0, 0.1) is 18.7 Å². The number of aromatic nitrogens is 4. The molecule has 3 aromatic heterocycles. The van der Waals surface area contributed by atoms with Gasteiger partial charge in [0.25, 0.3) is 11.5 Å². The molecule has 1 aliphatic carbocycles. The zero-order chi connectivity index (χ0) is 42.9. The van der Waals surface area contributed by atoms with Crippen LogP contribution in [0.2, 0.25) is 0 Å². The Kier molecular flexibility index (Phi) is 12.0. The number of alkyl halides is 3. The van der Waals surface area contributed by atoms with Crippen molar-refractivity contribution in [1.82, 2.24) is 24.4 Å². The van der Waals surface area contributed by atoms with Crippen LogP contribution in [0.25, 0.3) is 27.5 Å². The number of hydrogen-bond acceptors (Lipinski definition) is 11. The van der Waals surface area contributed by atoms with Crippen molar-refractivity contribution in [1.29, 1.82) is 0 Å². The van der Waals surface area contributed by atoms with Crippen LogP contribution >= 0.6 is 0 Å². The van der Waals surface area contributed by atoms with Gasteiger partial charge in [0, 0.05) is 50.4 Å². The summed E-state index contributed by atoms with van der Waals surface area (Å²) in [5.74, 6) is -4.12. The Morgan fingerprint density at radius 1 is 1.02 bits per heavy atom. The predicted octanol–water partition coefficient (Wildman–Crippen LogP) is 5.20. The summed E-state index contributed by atoms with van der Waals surface area (Å²) in [6, 6.07) is 6.25. The number of carbonyl (C=O) groups is 3. The highest BCUT2D eigenvalue weighted by Crippen LogP contribution is 2.33. The lowest BCUT2D eigenvalue weighted by Gasteiger charge is -2.38. The molecular weight excluding hydrogens is 792 g/mol. The van der Waals surface area contributed by atoms with E-state index in [1.54, 1.807) is 18.2 Å². The molecular formula is C42H42F4N6O8. The largest absolute Gasteiger partial charge is 0.425 e. The number of halogens is 4. The minimum absolute atomic E-state index is 0.00555. The Balaban J connectivity index is 1.23. The van der Waals surface area contributed by atoms with E-state index in [1.165, 1.54) is 62.3 Å². The van der Waals surface area contributed by atoms with Gasteiger partial charge in [-0.05, 0) is 61.2 Å². The highest BCUT2D eigenvalue weighted by molar-refractivity contribution is 5.99. The minimum Gasteiger partial charge on any atom is -0.425 e. The van der Waals surface area contributed by atoms with Gasteiger partial charge in [-0.3, -0.25) is 28.9 Å². The first-order chi connectivity index (χ1) is 28.6. The molecule has 0 spiro atoms. The number of amides is 1. The SMILES string of the molecule is Cc1cc(N2CCOC[C@@H]2C(F)(F)F)cc(F)c1C(=O)N[C@@H](Cc1ccc(-n2c(=O)c3ccncc3n(C)c2=O)c2ncccc12)C(=O)OC(C)OC(=O)C1CCCCC1. The normalized spacial score (nSPS) is 17.3. The second-order valence-corrected chi connectivity index (χ2v) is 15.0. The molecule has 2 aliphatic rings. The average molecular weight is 835 g/mol. The van der Waals surface area contributed by atoms with Gasteiger partial charge in [-0.1, -0.05) is 31.4 Å². The van der Waals surface area contributed by atoms with Crippen molar-refractivity contribution in [2.75, 3.05) is 24.7 Å². The van der Waals surface area contributed by atoms with E-state index < -0.39 is 71.6 Å². The number of fused-ring (bicyclic) bond motifs is 2. The number of morpholine rings is 1. The molecule has 14 nitrogen and oxygen atoms in total. The Morgan fingerprint density at radius 2 is 1.78 bits per heavy atom. The first kappa shape index (κ1) is 42.0. The summed E-state index contributed by atoms with van der Waals surface area (Å²) < 4.78 is 75.8. The molecule has 2 fully saturated rings. The Morgan fingerprint density at radius 3 is 2.52 bits per heavy atom. The fraction of sp³-hybridized carbons (Fsp3) is 0.405. The maximum atomic E-state index is 15.9. The first-order valence-corrected chi connectivity index (χ1v) is 19.5. The van der Waals surface area contributed by atoms with Crippen molar-refractivity contribution < 1.29 is 46.2 Å². The molecule has 60 heavy (non-hydrogen) atoms. The summed E-state index contributed by atoms with van der Waals surface area (Å²) >= 11 is 0. The number of anilines is 1. The molecule has 0 bridgehead atoms. The van der Waals surface area contributed by atoms with E-state index in [0.717, 1.165) is 34.8 Å². The fourth-order valence-corrected chi connectivity index (χ4v) is 7.96. The summed E-state index contributed by atoms with van der Waals surface area (Å²) in [7, 11) is 1.50. The summed E-state index contributed by atoms with van der Waals surface area (Å²) in [4.78, 5) is 77.6. The monoisotopic (exact) mass is 834 g/mol. The van der Waals surface area contributed by atoms with Gasteiger partial charge >= 0.3 is 23.8 Å². The standard InChI is InChI=1S/C42H42F4N6O8/c1-23-18-27(51-16-17-58-22-34(51)42(44,45)46)20-30(43)35(23)37(53)49-31(40(56)60-24(2)59-39(55)25-8-5-4-6-9-25)19-26-11-12-32(36-28(26)10-7-14-48-36)52-38(54)29-13-15-47-21-33(29)50(3)41(52)57/h7,10-15,18,20-21,24-25,31,34H,4-6,8-9,16-17,19,22H2,1-3H3,(H,49,53)/t24?,31-,34+/m0/s1. The van der Waals surface area contributed by atoms with Gasteiger partial charge in [-0.25, -0.2) is 18.5 Å². The number of nitrogens with one attached hydrogen (secondary N) is 1. The lowest BCUT2D eigenvalue weighted by Crippen LogP contribution is -2.53. The van der Waals surface area contributed by atoms with Crippen LogP contribution in [-0.2, 0) is 37.3 Å². The van der Waals surface area contributed by atoms with Crippen LogP contribution in [-0.4, -0.2) is 81.3 Å². The van der Waals surface area contributed by atoms with Gasteiger partial charge in [-0.2, -0.15) is 13.2 Å². The number of hydrogen-bond donors (Lipinski definition) is 1. The van der Waals surface area contributed by atoms with Crippen molar-refractivity contribution in [3.8, 4) is 5.69 Å². The molecule has 2 aromatic carbocycles. The van der Waals surface area contributed by atoms with Gasteiger partial charge in [0.2, 0.25) is 6.29 Å². The Hall–Kier alpha value is -6.17. The third kappa shape index (κ3) is 8.46. The summed E-state index contributed by atoms with van der Waals surface area (Å²) in [5, 5.41) is 3.15. The highest BCUT2D eigenvalue weighted by atomic mass is 19.4. The van der Waals surface area contributed by atoms with Crippen molar-refractivity contribution in [2.45, 2.75) is 76.9 Å². The third-order valence-electron chi connectivity index (χ3n) is 11.0. The summed E-state index contributed by atoms with van der Waals surface area (Å²) in [6.45, 7) is 1.87. The molecule has 4 heterocycles. The molecule has 18 heteroatoms. The quantitative estimate of drug-likeness (QED) is 0.112. The van der Waals surface area contributed by atoms with E-state index in [1.807, 2.05) is 0 Å². The summed E-state index contributed by atoms with van der Waals surface area (Å²) in [6.07, 6.45) is 1.93. The van der Waals surface area contributed by atoms with Crippen LogP contribution in [0.15, 0.2) is 70.6 Å². The van der Waals surface area contributed by atoms with Crippen LogP contribution in [0.5, 0.6) is 0 Å². The predicted molar refractivity (Wildman–Crippen MR) is 210 cm³/mol. The molecule has 1 saturated carbocycles. The molecule has 1 aliphatic heterocycles. The molecule has 0 radical (unpaired) electrons. The van der Waals surface area contributed by atoms with Crippen molar-refractivity contribution >= 4 is 45.3 Å². The van der Waals surface area contributed by atoms with Crippen molar-refractivity contribution in [3.05, 3.63) is 104 Å². The topological polar surface area (TPSA) is 164 Å². The first-order valence-electron chi connectivity index (χ1n) is 19.5. The lowest BCUT2D eigenvalue weighted by molar-refractivity contribution is -0.189. The van der Waals surface area contributed by atoms with E-state index in [9.17, 15) is 37.1 Å². The molecule has 1 amide bonds. The van der Waals surface area contributed by atoms with E-state index in [4.69, 9.17) is 14.2 Å². The molecule has 7 rings (SSSR count). The number of rotatable bonds is 10. The second kappa shape index (κ2) is 17.2. The zero-order valence-electron chi connectivity index (χ0n) is 33.0. The van der Waals surface area contributed by atoms with Crippen LogP contribution in [0.3, 0.4) is 0 Å². The Bertz CT molecular complexity index is 2570. The average Bonchev–Trinajstić information content (AvgIpc) is 3.23.